The van der Waals surface area contributed by atoms with Gasteiger partial charge in [-0.3, -0.25) is 0 Å². The summed E-state index contributed by atoms with van der Waals surface area (Å²) in [6, 6.07) is 10.2. The quantitative estimate of drug-likeness (QED) is 0.891. The third-order valence-corrected chi connectivity index (χ3v) is 5.00. The van der Waals surface area contributed by atoms with Gasteiger partial charge in [0.2, 0.25) is 0 Å². The number of anilines is 2. The van der Waals surface area contributed by atoms with Crippen molar-refractivity contribution in [2.24, 2.45) is 5.92 Å². The molecule has 2 atom stereocenters. The van der Waals surface area contributed by atoms with Crippen molar-refractivity contribution in [3.63, 3.8) is 0 Å². The molecule has 0 radical (unpaired) electrons. The van der Waals surface area contributed by atoms with Crippen molar-refractivity contribution in [3.05, 3.63) is 41.4 Å². The minimum Gasteiger partial charge on any atom is -0.332 e. The molecule has 2 N–H and O–H groups in total. The van der Waals surface area contributed by atoms with Crippen LogP contribution in [0.25, 0.3) is 0 Å². The molecule has 1 unspecified atom stereocenters. The molecule has 0 amide bonds. The predicted octanol–water partition coefficient (Wildman–Crippen LogP) is 3.73. The van der Waals surface area contributed by atoms with E-state index in [1.165, 1.54) is 18.5 Å². The lowest BCUT2D eigenvalue weighted by atomic mass is 9.66. The minimum atomic E-state index is 0.0904. The van der Waals surface area contributed by atoms with Gasteiger partial charge in [-0.1, -0.05) is 25.1 Å². The molecule has 4 heteroatoms. The average molecular weight is 273 g/mol. The van der Waals surface area contributed by atoms with Gasteiger partial charge in [0.05, 0.1) is 11.2 Å². The first-order valence-electron chi connectivity index (χ1n) is 6.71. The van der Waals surface area contributed by atoms with Crippen molar-refractivity contribution in [2.75, 3.05) is 12.4 Å². The zero-order valence-electron chi connectivity index (χ0n) is 11.3. The molecule has 1 heterocycles. The van der Waals surface area contributed by atoms with Crippen molar-refractivity contribution in [1.82, 2.24) is 10.3 Å². The Balaban J connectivity index is 1.80. The minimum absolute atomic E-state index is 0.0904. The van der Waals surface area contributed by atoms with E-state index in [2.05, 4.69) is 35.1 Å². The van der Waals surface area contributed by atoms with Crippen molar-refractivity contribution >= 4 is 22.2 Å². The molecular formula is C15H19N3S. The van der Waals surface area contributed by atoms with Crippen molar-refractivity contribution < 1.29 is 0 Å². The highest BCUT2D eigenvalue weighted by atomic mass is 32.1. The number of para-hydroxylation sites is 1. The molecule has 2 aromatic rings. The van der Waals surface area contributed by atoms with Crippen molar-refractivity contribution in [2.45, 2.75) is 25.3 Å². The third-order valence-electron chi connectivity index (χ3n) is 4.25. The van der Waals surface area contributed by atoms with Crippen LogP contribution < -0.4 is 10.6 Å². The number of thiazole rings is 1. The number of aromatic nitrogens is 1. The van der Waals surface area contributed by atoms with E-state index >= 15 is 0 Å². The maximum Gasteiger partial charge on any atom is 0.187 e. The summed E-state index contributed by atoms with van der Waals surface area (Å²) in [6.45, 7) is 2.30. The van der Waals surface area contributed by atoms with Gasteiger partial charge in [0.15, 0.2) is 5.13 Å². The lowest BCUT2D eigenvalue weighted by Gasteiger charge is -2.47. The summed E-state index contributed by atoms with van der Waals surface area (Å²) in [5.41, 5.74) is 2.35. The molecule has 0 saturated heterocycles. The molecule has 0 aliphatic heterocycles. The van der Waals surface area contributed by atoms with Crippen LogP contribution in [-0.4, -0.2) is 12.0 Å². The number of nitrogens with zero attached hydrogens (tertiary/aromatic N) is 1. The van der Waals surface area contributed by atoms with E-state index in [0.29, 0.717) is 5.92 Å². The number of rotatable bonds is 4. The van der Waals surface area contributed by atoms with Gasteiger partial charge in [0.25, 0.3) is 0 Å². The molecular weight excluding hydrogens is 254 g/mol. The number of nitrogens with one attached hydrogen (secondary N) is 2. The van der Waals surface area contributed by atoms with Crippen LogP contribution in [0.2, 0.25) is 0 Å². The second kappa shape index (κ2) is 4.94. The van der Waals surface area contributed by atoms with Crippen LogP contribution >= 0.6 is 11.3 Å². The van der Waals surface area contributed by atoms with Crippen molar-refractivity contribution in [1.29, 1.82) is 0 Å². The Bertz CT molecular complexity index is 548. The Morgan fingerprint density at radius 3 is 2.68 bits per heavy atom. The smallest absolute Gasteiger partial charge is 0.187 e. The summed E-state index contributed by atoms with van der Waals surface area (Å²) in [5, 5.41) is 9.98. The first kappa shape index (κ1) is 12.6. The van der Waals surface area contributed by atoms with Gasteiger partial charge < -0.3 is 10.6 Å². The average Bonchev–Trinajstić information content (AvgIpc) is 2.88. The summed E-state index contributed by atoms with van der Waals surface area (Å²) < 4.78 is 0. The molecule has 1 aliphatic carbocycles. The molecule has 3 nitrogen and oxygen atoms in total. The lowest BCUT2D eigenvalue weighted by Crippen LogP contribution is -2.53. The fourth-order valence-electron chi connectivity index (χ4n) is 2.78. The fourth-order valence-corrected chi connectivity index (χ4v) is 3.60. The van der Waals surface area contributed by atoms with E-state index in [9.17, 15) is 0 Å². The Kier molecular flexibility index (Phi) is 3.29. The van der Waals surface area contributed by atoms with Gasteiger partial charge >= 0.3 is 0 Å². The van der Waals surface area contributed by atoms with E-state index in [1.807, 2.05) is 25.2 Å². The standard InChI is InChI=1S/C15H19N3S/c1-11-8-9-15(11,16-2)13-10-19-14(18-13)17-12-6-4-3-5-7-12/h3-7,10-11,16H,8-9H2,1-2H3,(H,17,18)/t11-,15?/m1/s1. The summed E-state index contributed by atoms with van der Waals surface area (Å²) in [5.74, 6) is 0.657. The fraction of sp³-hybridized carbons (Fsp3) is 0.400. The first-order valence-corrected chi connectivity index (χ1v) is 7.59. The summed E-state index contributed by atoms with van der Waals surface area (Å²) >= 11 is 1.68. The molecule has 1 saturated carbocycles. The van der Waals surface area contributed by atoms with E-state index in [1.54, 1.807) is 11.3 Å². The number of benzene rings is 1. The van der Waals surface area contributed by atoms with E-state index in [0.717, 1.165) is 10.8 Å². The highest BCUT2D eigenvalue weighted by molar-refractivity contribution is 7.13. The molecule has 19 heavy (non-hydrogen) atoms. The Labute approximate surface area is 118 Å². The molecule has 1 aromatic heterocycles. The van der Waals surface area contributed by atoms with Gasteiger partial charge in [-0.25, -0.2) is 4.98 Å². The molecule has 3 rings (SSSR count). The zero-order valence-corrected chi connectivity index (χ0v) is 12.1. The van der Waals surface area contributed by atoms with Gasteiger partial charge in [-0.2, -0.15) is 0 Å². The molecule has 1 aliphatic rings. The van der Waals surface area contributed by atoms with Crippen LogP contribution in [0, 0.1) is 5.92 Å². The number of hydrogen-bond acceptors (Lipinski definition) is 4. The Hall–Kier alpha value is -1.39. The summed E-state index contributed by atoms with van der Waals surface area (Å²) in [4.78, 5) is 4.77. The van der Waals surface area contributed by atoms with Gasteiger partial charge in [-0.05, 0) is 37.9 Å². The molecule has 1 fully saturated rings. The lowest BCUT2D eigenvalue weighted by molar-refractivity contribution is 0.101. The van der Waals surface area contributed by atoms with Crippen LogP contribution in [0.1, 0.15) is 25.5 Å². The van der Waals surface area contributed by atoms with Gasteiger partial charge in [-0.15, -0.1) is 11.3 Å². The van der Waals surface area contributed by atoms with E-state index in [-0.39, 0.29) is 5.54 Å². The second-order valence-electron chi connectivity index (χ2n) is 5.19. The van der Waals surface area contributed by atoms with Crippen LogP contribution in [0.5, 0.6) is 0 Å². The van der Waals surface area contributed by atoms with Crippen LogP contribution in [0.15, 0.2) is 35.7 Å². The second-order valence-corrected chi connectivity index (χ2v) is 6.05. The normalized spacial score (nSPS) is 25.9. The van der Waals surface area contributed by atoms with Gasteiger partial charge in [0.1, 0.15) is 0 Å². The topological polar surface area (TPSA) is 37.0 Å². The molecule has 0 spiro atoms. The summed E-state index contributed by atoms with van der Waals surface area (Å²) in [6.07, 6.45) is 2.46. The maximum atomic E-state index is 4.77. The van der Waals surface area contributed by atoms with Gasteiger partial charge in [0, 0.05) is 11.1 Å². The van der Waals surface area contributed by atoms with Crippen LogP contribution in [0.3, 0.4) is 0 Å². The zero-order chi connectivity index (χ0) is 13.3. The Morgan fingerprint density at radius 1 is 1.32 bits per heavy atom. The predicted molar refractivity (Wildman–Crippen MR) is 81.0 cm³/mol. The summed E-state index contributed by atoms with van der Waals surface area (Å²) in [7, 11) is 2.04. The Morgan fingerprint density at radius 2 is 2.11 bits per heavy atom. The first-order chi connectivity index (χ1) is 9.24. The third kappa shape index (κ3) is 2.15. The van der Waals surface area contributed by atoms with Crippen molar-refractivity contribution in [3.8, 4) is 0 Å². The SMILES string of the molecule is CNC1(c2csc(Nc3ccccc3)n2)CC[C@H]1C. The number of hydrogen-bond donors (Lipinski definition) is 2. The van der Waals surface area contributed by atoms with E-state index < -0.39 is 0 Å². The molecule has 0 bridgehead atoms. The maximum absolute atomic E-state index is 4.77. The van der Waals surface area contributed by atoms with Crippen LogP contribution in [0.4, 0.5) is 10.8 Å². The highest BCUT2D eigenvalue weighted by Gasteiger charge is 2.45. The highest BCUT2D eigenvalue weighted by Crippen LogP contribution is 2.46. The molecule has 1 aromatic carbocycles. The van der Waals surface area contributed by atoms with Crippen LogP contribution in [-0.2, 0) is 5.54 Å². The molecule has 100 valence electrons. The monoisotopic (exact) mass is 273 g/mol. The largest absolute Gasteiger partial charge is 0.332 e. The van der Waals surface area contributed by atoms with E-state index in [4.69, 9.17) is 4.98 Å².